The van der Waals surface area contributed by atoms with Crippen molar-refractivity contribution in [3.8, 4) is 0 Å². The molecule has 0 saturated carbocycles. The predicted octanol–water partition coefficient (Wildman–Crippen LogP) is 2.10. The van der Waals surface area contributed by atoms with Crippen LogP contribution in [0.5, 0.6) is 0 Å². The second kappa shape index (κ2) is 9.14. The lowest BCUT2D eigenvalue weighted by molar-refractivity contribution is -0.137. The van der Waals surface area contributed by atoms with E-state index in [-0.39, 0.29) is 24.4 Å². The number of fused-ring (bicyclic) bond motifs is 1. The number of rotatable bonds is 5. The van der Waals surface area contributed by atoms with E-state index in [1.807, 2.05) is 30.1 Å². The third-order valence-electron chi connectivity index (χ3n) is 7.59. The number of nitrogens with one attached hydrogen (secondary N) is 2. The van der Waals surface area contributed by atoms with Gasteiger partial charge < -0.3 is 25.3 Å². The summed E-state index contributed by atoms with van der Waals surface area (Å²) in [6.07, 6.45) is 2.14. The lowest BCUT2D eigenvalue weighted by atomic mass is 9.85. The van der Waals surface area contributed by atoms with Crippen molar-refractivity contribution in [1.82, 2.24) is 20.4 Å². The van der Waals surface area contributed by atoms with Gasteiger partial charge in [0, 0.05) is 38.1 Å². The highest BCUT2D eigenvalue weighted by molar-refractivity contribution is 5.93. The summed E-state index contributed by atoms with van der Waals surface area (Å²) in [7, 11) is 1.86. The van der Waals surface area contributed by atoms with Crippen LogP contribution in [0.25, 0.3) is 0 Å². The minimum absolute atomic E-state index is 0.0530. The highest BCUT2D eigenvalue weighted by Gasteiger charge is 2.53. The molecule has 2 fully saturated rings. The van der Waals surface area contributed by atoms with Crippen LogP contribution in [0.1, 0.15) is 24.0 Å². The second-order valence-electron chi connectivity index (χ2n) is 9.61. The number of hydrogen-bond donors (Lipinski definition) is 2. The second-order valence-corrected chi connectivity index (χ2v) is 9.61. The Labute approximate surface area is 201 Å². The van der Waals surface area contributed by atoms with Crippen molar-refractivity contribution in [3.63, 3.8) is 0 Å². The number of carbonyl (C=O) groups is 2. The van der Waals surface area contributed by atoms with Gasteiger partial charge in [-0.25, -0.2) is 0 Å². The molecule has 34 heavy (non-hydrogen) atoms. The summed E-state index contributed by atoms with van der Waals surface area (Å²) >= 11 is 0. The van der Waals surface area contributed by atoms with Crippen molar-refractivity contribution in [3.05, 3.63) is 78.0 Å². The molecule has 3 heterocycles. The molecule has 3 aliphatic rings. The summed E-state index contributed by atoms with van der Waals surface area (Å²) in [6, 6.07) is 18.6. The topological polar surface area (TPSA) is 67.9 Å². The molecule has 2 saturated heterocycles. The fourth-order valence-electron chi connectivity index (χ4n) is 5.55. The van der Waals surface area contributed by atoms with Crippen LogP contribution in [-0.2, 0) is 22.6 Å². The molecule has 2 N–H and O–H groups in total. The number of para-hydroxylation sites is 1. The highest BCUT2D eigenvalue weighted by atomic mass is 16.2. The molecule has 7 heteroatoms. The molecule has 0 aliphatic carbocycles. The fraction of sp³-hybridized carbons (Fsp3) is 0.407. The molecule has 0 bridgehead atoms. The van der Waals surface area contributed by atoms with Crippen LogP contribution in [-0.4, -0.2) is 66.5 Å². The standard InChI is InChI=1S/C27H33N5O2/c1-20(24-16-21-8-6-7-9-22(21)17-29-24)28-18-25(33)31-14-12-27(13-15-31)26(34)30(2)19-32(27)23-10-4-3-5-11-23/h3-11,24,28-29H,1,12-19H2,2H3/t24-/m1/s1. The van der Waals surface area contributed by atoms with Crippen LogP contribution >= 0.6 is 0 Å². The first-order valence-corrected chi connectivity index (χ1v) is 12.1. The predicted molar refractivity (Wildman–Crippen MR) is 133 cm³/mol. The van der Waals surface area contributed by atoms with E-state index in [9.17, 15) is 9.59 Å². The van der Waals surface area contributed by atoms with E-state index in [0.717, 1.165) is 24.4 Å². The zero-order valence-electron chi connectivity index (χ0n) is 19.8. The van der Waals surface area contributed by atoms with Crippen molar-refractivity contribution in [1.29, 1.82) is 0 Å². The number of likely N-dealkylation sites (N-methyl/N-ethyl adjacent to an activating group) is 1. The van der Waals surface area contributed by atoms with Gasteiger partial charge >= 0.3 is 0 Å². The zero-order chi connectivity index (χ0) is 23.7. The number of nitrogens with zero attached hydrogens (tertiary/aromatic N) is 3. The number of anilines is 1. The molecule has 0 unspecified atom stereocenters. The van der Waals surface area contributed by atoms with Crippen LogP contribution in [0.3, 0.4) is 0 Å². The number of amides is 2. The third kappa shape index (κ3) is 4.05. The molecule has 3 aliphatic heterocycles. The molecule has 0 aromatic heterocycles. The monoisotopic (exact) mass is 459 g/mol. The van der Waals surface area contributed by atoms with Crippen molar-refractivity contribution < 1.29 is 9.59 Å². The summed E-state index contributed by atoms with van der Waals surface area (Å²) in [4.78, 5) is 32.0. The maximum Gasteiger partial charge on any atom is 0.249 e. The quantitative estimate of drug-likeness (QED) is 0.717. The Hall–Kier alpha value is -3.32. The Morgan fingerprint density at radius 2 is 1.76 bits per heavy atom. The molecular weight excluding hydrogens is 426 g/mol. The van der Waals surface area contributed by atoms with Crippen LogP contribution in [0.2, 0.25) is 0 Å². The summed E-state index contributed by atoms with van der Waals surface area (Å²) in [5.41, 5.74) is 3.99. The van der Waals surface area contributed by atoms with Crippen LogP contribution in [0.4, 0.5) is 5.69 Å². The summed E-state index contributed by atoms with van der Waals surface area (Å²) in [6.45, 7) is 6.95. The average molecular weight is 460 g/mol. The molecule has 1 spiro atoms. The molecule has 5 rings (SSSR count). The van der Waals surface area contributed by atoms with Gasteiger partial charge in [0.15, 0.2) is 0 Å². The van der Waals surface area contributed by atoms with Crippen molar-refractivity contribution in [2.45, 2.75) is 37.4 Å². The van der Waals surface area contributed by atoms with Gasteiger partial charge in [-0.1, -0.05) is 49.0 Å². The van der Waals surface area contributed by atoms with Crippen LogP contribution in [0, 0.1) is 0 Å². The Bertz CT molecular complexity index is 1080. The van der Waals surface area contributed by atoms with Gasteiger partial charge in [-0.2, -0.15) is 0 Å². The minimum Gasteiger partial charge on any atom is -0.379 e. The van der Waals surface area contributed by atoms with Gasteiger partial charge in [0.1, 0.15) is 5.54 Å². The fourth-order valence-corrected chi connectivity index (χ4v) is 5.55. The Kier molecular flexibility index (Phi) is 6.04. The maximum atomic E-state index is 13.2. The van der Waals surface area contributed by atoms with Gasteiger partial charge in [0.05, 0.1) is 19.3 Å². The lowest BCUT2D eigenvalue weighted by Gasteiger charge is -2.43. The SMILES string of the molecule is C=C(NCC(=O)N1CCC2(CC1)C(=O)N(C)CN2c1ccccc1)[C@H]1Cc2ccccc2CN1. The Morgan fingerprint density at radius 3 is 2.50 bits per heavy atom. The number of likely N-dealkylation sites (tertiary alicyclic amines) is 1. The van der Waals surface area contributed by atoms with Gasteiger partial charge in [-0.3, -0.25) is 9.59 Å². The van der Waals surface area contributed by atoms with E-state index in [4.69, 9.17) is 0 Å². The summed E-state index contributed by atoms with van der Waals surface area (Å²) < 4.78 is 0. The van der Waals surface area contributed by atoms with E-state index in [1.54, 1.807) is 4.90 Å². The zero-order valence-corrected chi connectivity index (χ0v) is 19.8. The van der Waals surface area contributed by atoms with Crippen molar-refractivity contribution in [2.24, 2.45) is 0 Å². The van der Waals surface area contributed by atoms with E-state index >= 15 is 0 Å². The lowest BCUT2D eigenvalue weighted by Crippen LogP contribution is -2.58. The third-order valence-corrected chi connectivity index (χ3v) is 7.59. The summed E-state index contributed by atoms with van der Waals surface area (Å²) in [5.74, 6) is 0.205. The molecular formula is C27H33N5O2. The van der Waals surface area contributed by atoms with Crippen LogP contribution < -0.4 is 15.5 Å². The Balaban J connectivity index is 1.17. The average Bonchev–Trinajstić information content (AvgIpc) is 3.12. The van der Waals surface area contributed by atoms with Gasteiger partial charge in [0.25, 0.3) is 0 Å². The number of piperidine rings is 1. The van der Waals surface area contributed by atoms with Gasteiger partial charge in [-0.15, -0.1) is 0 Å². The maximum absolute atomic E-state index is 13.2. The largest absolute Gasteiger partial charge is 0.379 e. The molecule has 7 nitrogen and oxygen atoms in total. The van der Waals surface area contributed by atoms with E-state index in [0.29, 0.717) is 32.6 Å². The molecule has 2 aromatic rings. The first-order chi connectivity index (χ1) is 16.5. The first kappa shape index (κ1) is 22.5. The smallest absolute Gasteiger partial charge is 0.249 e. The van der Waals surface area contributed by atoms with Crippen molar-refractivity contribution in [2.75, 3.05) is 38.3 Å². The van der Waals surface area contributed by atoms with Gasteiger partial charge in [0.2, 0.25) is 11.8 Å². The molecule has 1 atom stereocenters. The molecule has 0 radical (unpaired) electrons. The Morgan fingerprint density at radius 1 is 1.09 bits per heavy atom. The van der Waals surface area contributed by atoms with E-state index < -0.39 is 5.54 Å². The summed E-state index contributed by atoms with van der Waals surface area (Å²) in [5, 5.41) is 6.76. The minimum atomic E-state index is -0.566. The molecule has 178 valence electrons. The number of carbonyl (C=O) groups excluding carboxylic acids is 2. The first-order valence-electron chi connectivity index (χ1n) is 12.1. The normalized spacial score (nSPS) is 21.5. The molecule has 2 aromatic carbocycles. The number of hydrogen-bond acceptors (Lipinski definition) is 5. The highest BCUT2D eigenvalue weighted by Crippen LogP contribution is 2.38. The van der Waals surface area contributed by atoms with Crippen LogP contribution in [0.15, 0.2) is 66.9 Å². The number of benzene rings is 2. The van der Waals surface area contributed by atoms with Crippen molar-refractivity contribution >= 4 is 17.5 Å². The van der Waals surface area contributed by atoms with Gasteiger partial charge in [-0.05, 0) is 42.5 Å². The molecule has 2 amide bonds. The van der Waals surface area contributed by atoms with E-state index in [1.165, 1.54) is 11.1 Å². The van der Waals surface area contributed by atoms with E-state index in [2.05, 4.69) is 58.5 Å².